The topological polar surface area (TPSA) is 32.8 Å². The smallest absolute Gasteiger partial charge is 0.409 e. The second kappa shape index (κ2) is 6.67. The maximum atomic E-state index is 11.3. The van der Waals surface area contributed by atoms with Crippen LogP contribution in [-0.2, 0) is 4.74 Å². The van der Waals surface area contributed by atoms with Crippen LogP contribution in [0.25, 0.3) is 0 Å². The Kier molecular flexibility index (Phi) is 6.32. The summed E-state index contributed by atoms with van der Waals surface area (Å²) in [5.41, 5.74) is 0. The average Bonchev–Trinajstić information content (AvgIpc) is 2.28. The molecule has 4 heteroatoms. The summed E-state index contributed by atoms with van der Waals surface area (Å²) in [6, 6.07) is 0.624. The molecule has 90 valence electrons. The van der Waals surface area contributed by atoms with Crippen molar-refractivity contribution in [3.8, 4) is 0 Å². The van der Waals surface area contributed by atoms with Crippen molar-refractivity contribution < 1.29 is 9.53 Å². The van der Waals surface area contributed by atoms with Gasteiger partial charge in [0, 0.05) is 25.2 Å². The lowest BCUT2D eigenvalue weighted by Gasteiger charge is -2.42. The largest absolute Gasteiger partial charge is 0.453 e. The first-order chi connectivity index (χ1) is 7.07. The fourth-order valence-electron chi connectivity index (χ4n) is 1.68. The molecular formula is C11H24N2O2. The van der Waals surface area contributed by atoms with Gasteiger partial charge < -0.3 is 9.64 Å². The van der Waals surface area contributed by atoms with Crippen LogP contribution in [0.1, 0.15) is 27.7 Å². The van der Waals surface area contributed by atoms with Crippen molar-refractivity contribution in [2.75, 3.05) is 27.2 Å². The Morgan fingerprint density at radius 3 is 2.20 bits per heavy atom. The number of piperazine rings is 1. The summed E-state index contributed by atoms with van der Waals surface area (Å²) in [4.78, 5) is 15.4. The van der Waals surface area contributed by atoms with Gasteiger partial charge in [-0.3, -0.25) is 4.90 Å². The van der Waals surface area contributed by atoms with Gasteiger partial charge in [0.25, 0.3) is 0 Å². The molecule has 0 bridgehead atoms. The second-order valence-corrected chi connectivity index (χ2v) is 3.63. The van der Waals surface area contributed by atoms with E-state index < -0.39 is 0 Å². The number of methoxy groups -OCH3 is 1. The van der Waals surface area contributed by atoms with E-state index in [4.69, 9.17) is 4.74 Å². The number of carbonyl (C=O) groups is 1. The Morgan fingerprint density at radius 2 is 1.73 bits per heavy atom. The maximum Gasteiger partial charge on any atom is 0.409 e. The standard InChI is InChI=1S/C9H18N2O2.C2H6/c1-7-8(2)11(9(12)13-4)6-5-10(7)3;1-2/h7-8H,5-6H2,1-4H3;1-2H3. The number of hydrogen-bond acceptors (Lipinski definition) is 3. The monoisotopic (exact) mass is 216 g/mol. The maximum absolute atomic E-state index is 11.3. The molecule has 2 unspecified atom stereocenters. The number of nitrogens with zero attached hydrogens (tertiary/aromatic N) is 2. The van der Waals surface area contributed by atoms with E-state index in [9.17, 15) is 4.79 Å². The van der Waals surface area contributed by atoms with Gasteiger partial charge in [-0.1, -0.05) is 13.8 Å². The van der Waals surface area contributed by atoms with Crippen LogP contribution in [-0.4, -0.2) is 55.2 Å². The number of ether oxygens (including phenoxy) is 1. The summed E-state index contributed by atoms with van der Waals surface area (Å²) in [6.07, 6.45) is -0.215. The highest BCUT2D eigenvalue weighted by Crippen LogP contribution is 2.15. The molecule has 0 spiro atoms. The Morgan fingerprint density at radius 1 is 1.20 bits per heavy atom. The third-order valence-corrected chi connectivity index (χ3v) is 2.99. The lowest BCUT2D eigenvalue weighted by Crippen LogP contribution is -2.57. The minimum Gasteiger partial charge on any atom is -0.453 e. The molecule has 0 aromatic rings. The average molecular weight is 216 g/mol. The Labute approximate surface area is 93.2 Å². The fourth-order valence-corrected chi connectivity index (χ4v) is 1.68. The van der Waals surface area contributed by atoms with Crippen LogP contribution in [0.2, 0.25) is 0 Å². The Bertz CT molecular complexity index is 197. The third-order valence-electron chi connectivity index (χ3n) is 2.99. The summed E-state index contributed by atoms with van der Waals surface area (Å²) in [5.74, 6) is 0. The van der Waals surface area contributed by atoms with Crippen LogP contribution in [0.3, 0.4) is 0 Å². The molecule has 4 nitrogen and oxygen atoms in total. The van der Waals surface area contributed by atoms with Crippen molar-refractivity contribution >= 4 is 6.09 Å². The van der Waals surface area contributed by atoms with Crippen molar-refractivity contribution in [1.29, 1.82) is 0 Å². The van der Waals surface area contributed by atoms with Crippen molar-refractivity contribution in [2.24, 2.45) is 0 Å². The van der Waals surface area contributed by atoms with Gasteiger partial charge in [-0.25, -0.2) is 4.79 Å². The fraction of sp³-hybridized carbons (Fsp3) is 0.909. The Hall–Kier alpha value is -0.770. The number of rotatable bonds is 0. The highest BCUT2D eigenvalue weighted by atomic mass is 16.5. The first kappa shape index (κ1) is 14.2. The minimum atomic E-state index is -0.215. The first-order valence-corrected chi connectivity index (χ1v) is 5.62. The van der Waals surface area contributed by atoms with Gasteiger partial charge in [0.15, 0.2) is 0 Å². The molecule has 1 aliphatic heterocycles. The number of carbonyl (C=O) groups excluding carboxylic acids is 1. The predicted molar refractivity (Wildman–Crippen MR) is 62.0 cm³/mol. The SMILES string of the molecule is CC.COC(=O)N1CCN(C)C(C)C1C. The van der Waals surface area contributed by atoms with Crippen LogP contribution >= 0.6 is 0 Å². The molecule has 0 N–H and O–H groups in total. The molecular weight excluding hydrogens is 192 g/mol. The highest BCUT2D eigenvalue weighted by Gasteiger charge is 2.31. The van der Waals surface area contributed by atoms with Gasteiger partial charge in [0.2, 0.25) is 0 Å². The molecule has 0 aromatic carbocycles. The van der Waals surface area contributed by atoms with E-state index in [0.29, 0.717) is 6.04 Å². The molecule has 2 atom stereocenters. The van der Waals surface area contributed by atoms with Gasteiger partial charge in [0.1, 0.15) is 0 Å². The first-order valence-electron chi connectivity index (χ1n) is 5.62. The van der Waals surface area contributed by atoms with Gasteiger partial charge >= 0.3 is 6.09 Å². The molecule has 0 radical (unpaired) electrons. The van der Waals surface area contributed by atoms with E-state index in [1.54, 1.807) is 4.90 Å². The van der Waals surface area contributed by atoms with E-state index >= 15 is 0 Å². The molecule has 1 aliphatic rings. The summed E-state index contributed by atoms with van der Waals surface area (Å²) in [5, 5.41) is 0. The highest BCUT2D eigenvalue weighted by molar-refractivity contribution is 5.68. The van der Waals surface area contributed by atoms with E-state index in [2.05, 4.69) is 25.8 Å². The van der Waals surface area contributed by atoms with Gasteiger partial charge in [-0.2, -0.15) is 0 Å². The molecule has 0 aromatic heterocycles. The van der Waals surface area contributed by atoms with Crippen molar-refractivity contribution in [3.05, 3.63) is 0 Å². The summed E-state index contributed by atoms with van der Waals surface area (Å²) >= 11 is 0. The predicted octanol–water partition coefficient (Wildman–Crippen LogP) is 1.80. The van der Waals surface area contributed by atoms with E-state index in [0.717, 1.165) is 13.1 Å². The zero-order valence-corrected chi connectivity index (χ0v) is 10.8. The van der Waals surface area contributed by atoms with Gasteiger partial charge in [0.05, 0.1) is 7.11 Å². The molecule has 15 heavy (non-hydrogen) atoms. The zero-order valence-electron chi connectivity index (χ0n) is 10.8. The van der Waals surface area contributed by atoms with Gasteiger partial charge in [-0.15, -0.1) is 0 Å². The number of likely N-dealkylation sites (N-methyl/N-ethyl adjacent to an activating group) is 1. The van der Waals surface area contributed by atoms with Crippen molar-refractivity contribution in [1.82, 2.24) is 9.80 Å². The lowest BCUT2D eigenvalue weighted by atomic mass is 10.1. The lowest BCUT2D eigenvalue weighted by molar-refractivity contribution is 0.0429. The normalized spacial score (nSPS) is 26.7. The molecule has 1 heterocycles. The molecule has 1 saturated heterocycles. The van der Waals surface area contributed by atoms with E-state index in [1.807, 2.05) is 13.8 Å². The van der Waals surface area contributed by atoms with Crippen LogP contribution in [0.4, 0.5) is 4.79 Å². The molecule has 0 aliphatic carbocycles. The van der Waals surface area contributed by atoms with E-state index in [1.165, 1.54) is 7.11 Å². The summed E-state index contributed by atoms with van der Waals surface area (Å²) in [6.45, 7) is 9.85. The third kappa shape index (κ3) is 3.38. The molecule has 1 rings (SSSR count). The number of amides is 1. The van der Waals surface area contributed by atoms with Crippen molar-refractivity contribution in [3.63, 3.8) is 0 Å². The second-order valence-electron chi connectivity index (χ2n) is 3.63. The molecule has 1 fully saturated rings. The zero-order chi connectivity index (χ0) is 12.0. The van der Waals surface area contributed by atoms with Crippen molar-refractivity contribution in [2.45, 2.75) is 39.8 Å². The van der Waals surface area contributed by atoms with Gasteiger partial charge in [-0.05, 0) is 20.9 Å². The minimum absolute atomic E-state index is 0.215. The van der Waals surface area contributed by atoms with Crippen LogP contribution in [0.5, 0.6) is 0 Å². The molecule has 0 saturated carbocycles. The Balaban J connectivity index is 0.000000921. The van der Waals surface area contributed by atoms with Crippen LogP contribution < -0.4 is 0 Å². The quantitative estimate of drug-likeness (QED) is 0.619. The summed E-state index contributed by atoms with van der Waals surface area (Å²) in [7, 11) is 3.51. The van der Waals surface area contributed by atoms with E-state index in [-0.39, 0.29) is 12.1 Å². The van der Waals surface area contributed by atoms with Crippen LogP contribution in [0, 0.1) is 0 Å². The number of hydrogen-bond donors (Lipinski definition) is 0. The van der Waals surface area contributed by atoms with Crippen LogP contribution in [0.15, 0.2) is 0 Å². The molecule has 1 amide bonds. The summed E-state index contributed by atoms with van der Waals surface area (Å²) < 4.78 is 4.71.